The Hall–Kier alpha value is -2.08. The lowest BCUT2D eigenvalue weighted by Gasteiger charge is -2.11. The Morgan fingerprint density at radius 1 is 1.47 bits per heavy atom. The molecule has 0 heterocycles. The molecule has 6 heteroatoms. The standard InChI is InChI=1S/C11H14N2O4/c1-2-17-11(16)9(12)10(15)13-7-5-3-4-6-8(7)14/h3-6,9,14H,2,12H2,1H3,(H,13,15). The third-order valence-electron chi connectivity index (χ3n) is 1.98. The molecule has 1 unspecified atom stereocenters. The number of carbonyl (C=O) groups excluding carboxylic acids is 2. The van der Waals surface area contributed by atoms with E-state index in [1.54, 1.807) is 19.1 Å². The number of ether oxygens (including phenoxy) is 1. The van der Waals surface area contributed by atoms with Crippen LogP contribution >= 0.6 is 0 Å². The molecule has 0 aliphatic heterocycles. The van der Waals surface area contributed by atoms with E-state index < -0.39 is 17.9 Å². The van der Waals surface area contributed by atoms with Crippen LogP contribution in [0.15, 0.2) is 24.3 Å². The maximum atomic E-state index is 11.5. The fourth-order valence-corrected chi connectivity index (χ4v) is 1.13. The first-order chi connectivity index (χ1) is 8.06. The van der Waals surface area contributed by atoms with Crippen LogP contribution in [0, 0.1) is 0 Å². The van der Waals surface area contributed by atoms with Crippen LogP contribution in [0.5, 0.6) is 5.75 Å². The van der Waals surface area contributed by atoms with Gasteiger partial charge in [-0.05, 0) is 19.1 Å². The van der Waals surface area contributed by atoms with Gasteiger partial charge in [-0.25, -0.2) is 4.79 Å². The Balaban J connectivity index is 2.67. The summed E-state index contributed by atoms with van der Waals surface area (Å²) in [7, 11) is 0. The van der Waals surface area contributed by atoms with Crippen molar-refractivity contribution in [2.24, 2.45) is 5.73 Å². The van der Waals surface area contributed by atoms with Crippen molar-refractivity contribution in [3.8, 4) is 5.75 Å². The van der Waals surface area contributed by atoms with Gasteiger partial charge >= 0.3 is 5.97 Å². The van der Waals surface area contributed by atoms with Crippen molar-refractivity contribution in [2.75, 3.05) is 11.9 Å². The summed E-state index contributed by atoms with van der Waals surface area (Å²) >= 11 is 0. The molecule has 0 saturated heterocycles. The SMILES string of the molecule is CCOC(=O)C(N)C(=O)Nc1ccccc1O. The molecular weight excluding hydrogens is 224 g/mol. The number of nitrogens with one attached hydrogen (secondary N) is 1. The van der Waals surface area contributed by atoms with Crippen molar-refractivity contribution in [1.29, 1.82) is 0 Å². The second-order valence-electron chi connectivity index (χ2n) is 3.24. The lowest BCUT2D eigenvalue weighted by atomic mass is 10.2. The molecule has 0 aliphatic carbocycles. The van der Waals surface area contributed by atoms with E-state index in [1.807, 2.05) is 0 Å². The summed E-state index contributed by atoms with van der Waals surface area (Å²) in [6.07, 6.45) is 0. The summed E-state index contributed by atoms with van der Waals surface area (Å²) in [4.78, 5) is 22.7. The number of hydrogen-bond acceptors (Lipinski definition) is 5. The number of amides is 1. The number of hydrogen-bond donors (Lipinski definition) is 3. The largest absolute Gasteiger partial charge is 0.506 e. The predicted molar refractivity (Wildman–Crippen MR) is 61.3 cm³/mol. The lowest BCUT2D eigenvalue weighted by Crippen LogP contribution is -2.43. The Labute approximate surface area is 98.4 Å². The van der Waals surface area contributed by atoms with Gasteiger partial charge in [0, 0.05) is 0 Å². The molecule has 17 heavy (non-hydrogen) atoms. The molecule has 1 aromatic rings. The highest BCUT2D eigenvalue weighted by Gasteiger charge is 2.23. The average Bonchev–Trinajstić information content (AvgIpc) is 2.31. The molecule has 1 rings (SSSR count). The van der Waals surface area contributed by atoms with E-state index in [-0.39, 0.29) is 18.0 Å². The van der Waals surface area contributed by atoms with Crippen molar-refractivity contribution in [3.05, 3.63) is 24.3 Å². The van der Waals surface area contributed by atoms with Crippen LogP contribution < -0.4 is 11.1 Å². The minimum atomic E-state index is -1.41. The number of carbonyl (C=O) groups is 2. The van der Waals surface area contributed by atoms with Gasteiger partial charge in [0.2, 0.25) is 0 Å². The number of nitrogens with two attached hydrogens (primary N) is 1. The second kappa shape index (κ2) is 5.86. The third kappa shape index (κ3) is 3.46. The zero-order valence-corrected chi connectivity index (χ0v) is 9.34. The summed E-state index contributed by atoms with van der Waals surface area (Å²) in [5.74, 6) is -1.64. The van der Waals surface area contributed by atoms with Gasteiger partial charge in [0.25, 0.3) is 5.91 Å². The Morgan fingerprint density at radius 2 is 2.12 bits per heavy atom. The molecule has 0 aromatic heterocycles. The van der Waals surface area contributed by atoms with Gasteiger partial charge in [-0.3, -0.25) is 4.79 Å². The molecule has 0 bridgehead atoms. The number of benzene rings is 1. The molecule has 4 N–H and O–H groups in total. The summed E-state index contributed by atoms with van der Waals surface area (Å²) in [6.45, 7) is 1.77. The molecule has 0 fully saturated rings. The van der Waals surface area contributed by atoms with Gasteiger partial charge in [-0.1, -0.05) is 12.1 Å². The van der Waals surface area contributed by atoms with E-state index in [9.17, 15) is 14.7 Å². The third-order valence-corrected chi connectivity index (χ3v) is 1.98. The van der Waals surface area contributed by atoms with E-state index >= 15 is 0 Å². The maximum Gasteiger partial charge on any atom is 0.332 e. The smallest absolute Gasteiger partial charge is 0.332 e. The highest BCUT2D eigenvalue weighted by Crippen LogP contribution is 2.21. The van der Waals surface area contributed by atoms with Crippen molar-refractivity contribution >= 4 is 17.6 Å². The number of phenols is 1. The van der Waals surface area contributed by atoms with E-state index in [4.69, 9.17) is 5.73 Å². The Morgan fingerprint density at radius 3 is 2.71 bits per heavy atom. The van der Waals surface area contributed by atoms with Gasteiger partial charge < -0.3 is 20.9 Å². The summed E-state index contributed by atoms with van der Waals surface area (Å²) < 4.78 is 4.61. The lowest BCUT2D eigenvalue weighted by molar-refractivity contribution is -0.146. The zero-order valence-electron chi connectivity index (χ0n) is 9.34. The molecule has 0 saturated carbocycles. The fourth-order valence-electron chi connectivity index (χ4n) is 1.13. The van der Waals surface area contributed by atoms with Crippen LogP contribution in [0.3, 0.4) is 0 Å². The van der Waals surface area contributed by atoms with Crippen LogP contribution in [0.25, 0.3) is 0 Å². The Bertz CT molecular complexity index is 420. The molecule has 0 spiro atoms. The molecule has 0 radical (unpaired) electrons. The van der Waals surface area contributed by atoms with Gasteiger partial charge in [-0.15, -0.1) is 0 Å². The number of rotatable bonds is 4. The van der Waals surface area contributed by atoms with Gasteiger partial charge in [0.15, 0.2) is 6.04 Å². The second-order valence-corrected chi connectivity index (χ2v) is 3.24. The minimum absolute atomic E-state index is 0.100. The van der Waals surface area contributed by atoms with Crippen LogP contribution in [0.1, 0.15) is 6.92 Å². The highest BCUT2D eigenvalue weighted by atomic mass is 16.5. The predicted octanol–water partition coefficient (Wildman–Crippen LogP) is 0.221. The van der Waals surface area contributed by atoms with Crippen LogP contribution in [-0.2, 0) is 14.3 Å². The quantitative estimate of drug-likeness (QED) is 0.395. The van der Waals surface area contributed by atoms with E-state index in [0.717, 1.165) is 0 Å². The first kappa shape index (κ1) is 13.0. The van der Waals surface area contributed by atoms with Gasteiger partial charge in [-0.2, -0.15) is 0 Å². The first-order valence-electron chi connectivity index (χ1n) is 5.07. The number of esters is 1. The van der Waals surface area contributed by atoms with E-state index in [2.05, 4.69) is 10.1 Å². The number of anilines is 1. The number of para-hydroxylation sites is 2. The fraction of sp³-hybridized carbons (Fsp3) is 0.273. The highest BCUT2D eigenvalue weighted by molar-refractivity contribution is 6.08. The van der Waals surface area contributed by atoms with Gasteiger partial charge in [0.05, 0.1) is 12.3 Å². The van der Waals surface area contributed by atoms with Crippen LogP contribution in [0.4, 0.5) is 5.69 Å². The van der Waals surface area contributed by atoms with Crippen molar-refractivity contribution in [1.82, 2.24) is 0 Å². The van der Waals surface area contributed by atoms with Crippen molar-refractivity contribution in [2.45, 2.75) is 13.0 Å². The molecule has 6 nitrogen and oxygen atoms in total. The van der Waals surface area contributed by atoms with Crippen LogP contribution in [-0.4, -0.2) is 29.6 Å². The zero-order chi connectivity index (χ0) is 12.8. The molecule has 1 amide bonds. The molecule has 0 aliphatic rings. The number of aromatic hydroxyl groups is 1. The topological polar surface area (TPSA) is 102 Å². The van der Waals surface area contributed by atoms with Gasteiger partial charge in [0.1, 0.15) is 5.75 Å². The van der Waals surface area contributed by atoms with Crippen LogP contribution in [0.2, 0.25) is 0 Å². The molecular formula is C11H14N2O4. The molecule has 1 aromatic carbocycles. The summed E-state index contributed by atoms with van der Waals surface area (Å²) in [5.41, 5.74) is 5.57. The van der Waals surface area contributed by atoms with Crippen molar-refractivity contribution in [3.63, 3.8) is 0 Å². The van der Waals surface area contributed by atoms with E-state index in [0.29, 0.717) is 0 Å². The minimum Gasteiger partial charge on any atom is -0.506 e. The molecule has 1 atom stereocenters. The normalized spacial score (nSPS) is 11.6. The molecule has 92 valence electrons. The summed E-state index contributed by atoms with van der Waals surface area (Å²) in [6, 6.07) is 4.73. The summed E-state index contributed by atoms with van der Waals surface area (Å²) in [5, 5.41) is 11.7. The average molecular weight is 238 g/mol. The maximum absolute atomic E-state index is 11.5. The van der Waals surface area contributed by atoms with E-state index in [1.165, 1.54) is 12.1 Å². The monoisotopic (exact) mass is 238 g/mol. The Kier molecular flexibility index (Phi) is 4.47. The number of phenolic OH excluding ortho intramolecular Hbond substituents is 1. The van der Waals surface area contributed by atoms with Crippen molar-refractivity contribution < 1.29 is 19.4 Å². The first-order valence-corrected chi connectivity index (χ1v) is 5.07.